The van der Waals surface area contributed by atoms with Crippen LogP contribution in [0.4, 0.5) is 21.8 Å². The van der Waals surface area contributed by atoms with Crippen molar-refractivity contribution < 1.29 is 9.50 Å². The third-order valence-corrected chi connectivity index (χ3v) is 4.36. The molecule has 134 valence electrons. The fourth-order valence-electron chi connectivity index (χ4n) is 2.94. The van der Waals surface area contributed by atoms with Crippen molar-refractivity contribution in [2.45, 2.75) is 13.8 Å². The summed E-state index contributed by atoms with van der Waals surface area (Å²) in [7, 11) is 0. The maximum Gasteiger partial charge on any atom is 0.227 e. The molecule has 6 nitrogen and oxygen atoms in total. The lowest BCUT2D eigenvalue weighted by molar-refractivity contribution is 0.188. The number of halogens is 1. The number of aliphatic hydroxyl groups is 1. The molecule has 2 aromatic rings. The predicted octanol–water partition coefficient (Wildman–Crippen LogP) is 2.09. The number of hydrogen-bond acceptors (Lipinski definition) is 6. The van der Waals surface area contributed by atoms with Crippen LogP contribution in [-0.4, -0.2) is 59.3 Å². The maximum absolute atomic E-state index is 14.5. The van der Waals surface area contributed by atoms with Gasteiger partial charge in [0.2, 0.25) is 5.95 Å². The lowest BCUT2D eigenvalue weighted by atomic mass is 10.2. The molecule has 0 spiro atoms. The van der Waals surface area contributed by atoms with Crippen molar-refractivity contribution in [3.05, 3.63) is 41.3 Å². The van der Waals surface area contributed by atoms with Crippen LogP contribution in [0.3, 0.4) is 0 Å². The number of aliphatic hydroxyl groups excluding tert-OH is 1. The van der Waals surface area contributed by atoms with Crippen LogP contribution >= 0.6 is 0 Å². The molecular formula is C18H24FN5O. The number of hydrogen-bond donors (Lipinski definition) is 2. The molecule has 2 heterocycles. The van der Waals surface area contributed by atoms with Gasteiger partial charge in [0.15, 0.2) is 11.6 Å². The number of aromatic nitrogens is 2. The van der Waals surface area contributed by atoms with Crippen molar-refractivity contribution in [2.24, 2.45) is 0 Å². The summed E-state index contributed by atoms with van der Waals surface area (Å²) in [5, 5.41) is 12.1. The number of anilines is 3. The maximum atomic E-state index is 14.5. The van der Waals surface area contributed by atoms with Crippen molar-refractivity contribution in [3.63, 3.8) is 0 Å². The van der Waals surface area contributed by atoms with E-state index < -0.39 is 5.82 Å². The lowest BCUT2D eigenvalue weighted by Crippen LogP contribution is -2.47. The molecule has 0 aliphatic carbocycles. The van der Waals surface area contributed by atoms with E-state index in [0.29, 0.717) is 18.2 Å². The Balaban J connectivity index is 1.79. The van der Waals surface area contributed by atoms with Gasteiger partial charge in [0.05, 0.1) is 12.3 Å². The van der Waals surface area contributed by atoms with Gasteiger partial charge in [-0.25, -0.2) is 9.37 Å². The second-order valence-electron chi connectivity index (χ2n) is 6.32. The van der Waals surface area contributed by atoms with Crippen LogP contribution in [0.1, 0.15) is 11.3 Å². The minimum Gasteiger partial charge on any atom is -0.395 e. The summed E-state index contributed by atoms with van der Waals surface area (Å²) in [4.78, 5) is 13.0. The van der Waals surface area contributed by atoms with Gasteiger partial charge in [-0.15, -0.1) is 0 Å². The highest BCUT2D eigenvalue weighted by molar-refractivity contribution is 5.59. The predicted molar refractivity (Wildman–Crippen MR) is 96.9 cm³/mol. The van der Waals surface area contributed by atoms with Gasteiger partial charge in [0.25, 0.3) is 0 Å². The largest absolute Gasteiger partial charge is 0.395 e. The van der Waals surface area contributed by atoms with Gasteiger partial charge in [0, 0.05) is 38.4 Å². The summed E-state index contributed by atoms with van der Waals surface area (Å²) in [6.07, 6.45) is 0. The first kappa shape index (κ1) is 17.6. The molecule has 1 aliphatic rings. The zero-order chi connectivity index (χ0) is 17.8. The highest BCUT2D eigenvalue weighted by atomic mass is 19.1. The zero-order valence-electron chi connectivity index (χ0n) is 14.7. The second kappa shape index (κ2) is 7.76. The van der Waals surface area contributed by atoms with Crippen LogP contribution in [0.2, 0.25) is 0 Å². The number of nitrogens with one attached hydrogen (secondary N) is 1. The van der Waals surface area contributed by atoms with Crippen LogP contribution < -0.4 is 10.2 Å². The van der Waals surface area contributed by atoms with E-state index in [1.807, 2.05) is 31.2 Å². The minimum atomic E-state index is -0.427. The summed E-state index contributed by atoms with van der Waals surface area (Å²) in [6, 6.07) is 7.75. The Bertz CT molecular complexity index is 731. The molecule has 25 heavy (non-hydrogen) atoms. The molecule has 1 aromatic carbocycles. The van der Waals surface area contributed by atoms with E-state index in [0.717, 1.165) is 37.4 Å². The van der Waals surface area contributed by atoms with Crippen molar-refractivity contribution >= 4 is 17.5 Å². The zero-order valence-corrected chi connectivity index (χ0v) is 14.7. The number of rotatable bonds is 5. The smallest absolute Gasteiger partial charge is 0.227 e. The monoisotopic (exact) mass is 345 g/mol. The average molecular weight is 345 g/mol. The standard InChI is InChI=1S/C18H24FN5O/c1-13-4-3-5-15(12-13)21-17-16(19)14(2)20-18(22-17)24-8-6-23(7-9-24)10-11-25/h3-5,12,25H,6-11H2,1-2H3,(H,20,21,22). The highest BCUT2D eigenvalue weighted by Gasteiger charge is 2.21. The molecule has 2 N–H and O–H groups in total. The lowest BCUT2D eigenvalue weighted by Gasteiger charge is -2.34. The SMILES string of the molecule is Cc1cccc(Nc2nc(N3CCN(CCO)CC3)nc(C)c2F)c1. The third-order valence-electron chi connectivity index (χ3n) is 4.36. The average Bonchev–Trinajstić information content (AvgIpc) is 2.60. The van der Waals surface area contributed by atoms with Gasteiger partial charge in [-0.05, 0) is 31.5 Å². The molecule has 0 saturated carbocycles. The number of β-amino-alcohol motifs (C(OH)–C–C–N with tert-alkyl or cyclic N) is 1. The molecule has 0 atom stereocenters. The van der Waals surface area contributed by atoms with Gasteiger partial charge in [-0.2, -0.15) is 4.98 Å². The minimum absolute atomic E-state index is 0.163. The van der Waals surface area contributed by atoms with E-state index in [1.165, 1.54) is 0 Å². The van der Waals surface area contributed by atoms with E-state index in [9.17, 15) is 4.39 Å². The van der Waals surface area contributed by atoms with Crippen LogP contribution in [0.25, 0.3) is 0 Å². The quantitative estimate of drug-likeness (QED) is 0.865. The Morgan fingerprint density at radius 1 is 1.16 bits per heavy atom. The van der Waals surface area contributed by atoms with Crippen molar-refractivity contribution in [1.82, 2.24) is 14.9 Å². The van der Waals surface area contributed by atoms with Crippen molar-refractivity contribution in [2.75, 3.05) is 49.5 Å². The number of aryl methyl sites for hydroxylation is 2. The van der Waals surface area contributed by atoms with Crippen molar-refractivity contribution in [1.29, 1.82) is 0 Å². The van der Waals surface area contributed by atoms with Crippen molar-refractivity contribution in [3.8, 4) is 0 Å². The molecule has 0 radical (unpaired) electrons. The molecule has 0 unspecified atom stereocenters. The second-order valence-corrected chi connectivity index (χ2v) is 6.32. The Kier molecular flexibility index (Phi) is 5.45. The van der Waals surface area contributed by atoms with E-state index in [2.05, 4.69) is 25.1 Å². The first-order chi connectivity index (χ1) is 12.1. The fraction of sp³-hybridized carbons (Fsp3) is 0.444. The normalized spacial score (nSPS) is 15.4. The molecule has 3 rings (SSSR count). The van der Waals surface area contributed by atoms with Crippen LogP contribution in [0, 0.1) is 19.7 Å². The van der Waals surface area contributed by atoms with Gasteiger partial charge in [-0.3, -0.25) is 4.90 Å². The van der Waals surface area contributed by atoms with Gasteiger partial charge >= 0.3 is 0 Å². The summed E-state index contributed by atoms with van der Waals surface area (Å²) < 4.78 is 14.5. The molecule has 1 fully saturated rings. The Hall–Kier alpha value is -2.25. The van der Waals surface area contributed by atoms with Crippen LogP contribution in [0.5, 0.6) is 0 Å². The number of piperazine rings is 1. The summed E-state index contributed by atoms with van der Waals surface area (Å²) in [5.74, 6) is 0.313. The van der Waals surface area contributed by atoms with E-state index in [-0.39, 0.29) is 12.4 Å². The summed E-state index contributed by atoms with van der Waals surface area (Å²) in [6.45, 7) is 7.67. The van der Waals surface area contributed by atoms with Gasteiger partial charge < -0.3 is 15.3 Å². The number of nitrogens with zero attached hydrogens (tertiary/aromatic N) is 4. The van der Waals surface area contributed by atoms with Crippen LogP contribution in [-0.2, 0) is 0 Å². The Morgan fingerprint density at radius 3 is 2.60 bits per heavy atom. The highest BCUT2D eigenvalue weighted by Crippen LogP contribution is 2.23. The Morgan fingerprint density at radius 2 is 1.92 bits per heavy atom. The van der Waals surface area contributed by atoms with Gasteiger partial charge in [0.1, 0.15) is 0 Å². The topological polar surface area (TPSA) is 64.5 Å². The summed E-state index contributed by atoms with van der Waals surface area (Å²) >= 11 is 0. The molecule has 0 amide bonds. The number of benzene rings is 1. The molecular weight excluding hydrogens is 321 g/mol. The fourth-order valence-corrected chi connectivity index (χ4v) is 2.94. The van der Waals surface area contributed by atoms with E-state index in [4.69, 9.17) is 5.11 Å². The summed E-state index contributed by atoms with van der Waals surface area (Å²) in [5.41, 5.74) is 2.23. The third kappa shape index (κ3) is 4.24. The molecule has 0 bridgehead atoms. The Labute approximate surface area is 147 Å². The first-order valence-electron chi connectivity index (χ1n) is 8.53. The van der Waals surface area contributed by atoms with Crippen LogP contribution in [0.15, 0.2) is 24.3 Å². The molecule has 1 aromatic heterocycles. The molecule has 7 heteroatoms. The molecule has 1 saturated heterocycles. The van der Waals surface area contributed by atoms with Gasteiger partial charge in [-0.1, -0.05) is 12.1 Å². The first-order valence-corrected chi connectivity index (χ1v) is 8.53. The van der Waals surface area contributed by atoms with E-state index in [1.54, 1.807) is 6.92 Å². The molecule has 1 aliphatic heterocycles. The van der Waals surface area contributed by atoms with E-state index >= 15 is 0 Å².